The second kappa shape index (κ2) is 8.85. The van der Waals surface area contributed by atoms with Gasteiger partial charge in [-0.05, 0) is 67.5 Å². The van der Waals surface area contributed by atoms with Crippen molar-refractivity contribution in [2.75, 3.05) is 5.75 Å². The zero-order valence-corrected chi connectivity index (χ0v) is 19.7. The number of rotatable bonds is 7. The Morgan fingerprint density at radius 3 is 2.77 bits per heavy atom. The molecule has 3 aromatic heterocycles. The fourth-order valence-corrected chi connectivity index (χ4v) is 6.54. The summed E-state index contributed by atoms with van der Waals surface area (Å²) in [6.07, 6.45) is 8.42. The zero-order chi connectivity index (χ0) is 21.4. The number of nitrogens with zero attached hydrogens (tertiary/aromatic N) is 3. The number of thioether (sulfide) groups is 1. The molecule has 31 heavy (non-hydrogen) atoms. The van der Waals surface area contributed by atoms with Crippen LogP contribution in [0.25, 0.3) is 20.4 Å². The van der Waals surface area contributed by atoms with Crippen molar-refractivity contribution in [1.29, 1.82) is 0 Å². The van der Waals surface area contributed by atoms with Crippen LogP contribution in [-0.2, 0) is 19.3 Å². The van der Waals surface area contributed by atoms with E-state index in [0.29, 0.717) is 16.3 Å². The third-order valence-electron chi connectivity index (χ3n) is 5.80. The Bertz CT molecular complexity index is 1280. The Balaban J connectivity index is 1.51. The molecule has 0 fully saturated rings. The van der Waals surface area contributed by atoms with Crippen molar-refractivity contribution < 1.29 is 4.79 Å². The van der Waals surface area contributed by atoms with Crippen LogP contribution in [-0.4, -0.2) is 26.5 Å². The molecule has 3 heterocycles. The number of hydrogen-bond donors (Lipinski definition) is 0. The highest BCUT2D eigenvalue weighted by molar-refractivity contribution is 8.00. The average molecular weight is 468 g/mol. The quantitative estimate of drug-likeness (QED) is 0.172. The summed E-state index contributed by atoms with van der Waals surface area (Å²) in [5.41, 5.74) is 5.82. The SMILES string of the molecule is CCCCc1nc2sc3c(SCC(=O)c4ccc(Cl)cc4)ncnc3c2c2c1CCC2. The van der Waals surface area contributed by atoms with Gasteiger partial charge in [0.2, 0.25) is 0 Å². The summed E-state index contributed by atoms with van der Waals surface area (Å²) < 4.78 is 1.04. The van der Waals surface area contributed by atoms with E-state index in [2.05, 4.69) is 16.9 Å². The maximum atomic E-state index is 12.6. The fourth-order valence-electron chi connectivity index (χ4n) is 4.26. The molecular weight excluding hydrogens is 446 g/mol. The molecule has 0 radical (unpaired) electrons. The topological polar surface area (TPSA) is 55.7 Å². The number of aromatic nitrogens is 3. The number of carbonyl (C=O) groups is 1. The molecule has 1 aliphatic carbocycles. The highest BCUT2D eigenvalue weighted by Gasteiger charge is 2.24. The summed E-state index contributed by atoms with van der Waals surface area (Å²) in [6, 6.07) is 7.03. The van der Waals surface area contributed by atoms with Crippen molar-refractivity contribution >= 4 is 60.9 Å². The van der Waals surface area contributed by atoms with E-state index < -0.39 is 0 Å². The number of hydrogen-bond acceptors (Lipinski definition) is 6. The molecule has 7 heteroatoms. The zero-order valence-electron chi connectivity index (χ0n) is 17.3. The Kier molecular flexibility index (Phi) is 5.95. The third-order valence-corrected chi connectivity index (χ3v) is 8.25. The number of thiophene rings is 1. The lowest BCUT2D eigenvalue weighted by molar-refractivity contribution is 0.102. The van der Waals surface area contributed by atoms with Crippen LogP contribution in [0.1, 0.15) is 53.4 Å². The summed E-state index contributed by atoms with van der Waals surface area (Å²) in [6.45, 7) is 2.22. The molecule has 4 aromatic rings. The Morgan fingerprint density at radius 2 is 1.97 bits per heavy atom. The van der Waals surface area contributed by atoms with E-state index in [-0.39, 0.29) is 5.78 Å². The minimum atomic E-state index is 0.0652. The van der Waals surface area contributed by atoms with Gasteiger partial charge in [0, 0.05) is 21.7 Å². The molecular formula is C24H22ClN3OS2. The second-order valence-corrected chi connectivity index (χ2v) is 10.2. The lowest BCUT2D eigenvalue weighted by Crippen LogP contribution is -2.02. The predicted octanol–water partition coefficient (Wildman–Crippen LogP) is 6.70. The lowest BCUT2D eigenvalue weighted by Gasteiger charge is -2.08. The van der Waals surface area contributed by atoms with Gasteiger partial charge in [0.15, 0.2) is 5.78 Å². The van der Waals surface area contributed by atoms with Crippen LogP contribution in [0.2, 0.25) is 5.02 Å². The van der Waals surface area contributed by atoms with E-state index in [9.17, 15) is 4.79 Å². The minimum Gasteiger partial charge on any atom is -0.293 e. The van der Waals surface area contributed by atoms with Gasteiger partial charge in [-0.2, -0.15) is 0 Å². The van der Waals surface area contributed by atoms with Gasteiger partial charge in [0.25, 0.3) is 0 Å². The van der Waals surface area contributed by atoms with Crippen molar-refractivity contribution in [3.63, 3.8) is 0 Å². The van der Waals surface area contributed by atoms with E-state index >= 15 is 0 Å². The number of pyridine rings is 1. The Hall–Kier alpha value is -2.02. The Morgan fingerprint density at radius 1 is 1.16 bits per heavy atom. The van der Waals surface area contributed by atoms with E-state index in [0.717, 1.165) is 39.3 Å². The normalized spacial score (nSPS) is 13.2. The van der Waals surface area contributed by atoms with Gasteiger partial charge in [-0.1, -0.05) is 36.7 Å². The summed E-state index contributed by atoms with van der Waals surface area (Å²) >= 11 is 9.07. The molecule has 0 unspecified atom stereocenters. The van der Waals surface area contributed by atoms with Gasteiger partial charge in [-0.15, -0.1) is 11.3 Å². The number of halogens is 1. The van der Waals surface area contributed by atoms with Crippen LogP contribution >= 0.6 is 34.7 Å². The van der Waals surface area contributed by atoms with Gasteiger partial charge < -0.3 is 0 Å². The molecule has 0 aliphatic heterocycles. The number of carbonyl (C=O) groups excluding carboxylic acids is 1. The highest BCUT2D eigenvalue weighted by atomic mass is 35.5. The molecule has 4 nitrogen and oxygen atoms in total. The average Bonchev–Trinajstić information content (AvgIpc) is 3.40. The first-order chi connectivity index (χ1) is 15.2. The van der Waals surface area contributed by atoms with Crippen LogP contribution in [0.5, 0.6) is 0 Å². The molecule has 158 valence electrons. The first kappa shape index (κ1) is 20.9. The van der Waals surface area contributed by atoms with Crippen LogP contribution in [0, 0.1) is 0 Å². The number of Topliss-reactive ketones (excluding diaryl/α,β-unsaturated/α-hetero) is 1. The monoisotopic (exact) mass is 467 g/mol. The van der Waals surface area contributed by atoms with Crippen LogP contribution < -0.4 is 0 Å². The van der Waals surface area contributed by atoms with E-state index in [4.69, 9.17) is 16.6 Å². The molecule has 1 aliphatic rings. The molecule has 0 saturated heterocycles. The molecule has 0 N–H and O–H groups in total. The third kappa shape index (κ3) is 3.97. The summed E-state index contributed by atoms with van der Waals surface area (Å²) in [7, 11) is 0. The van der Waals surface area contributed by atoms with Crippen LogP contribution in [0.3, 0.4) is 0 Å². The molecule has 0 atom stereocenters. The molecule has 0 spiro atoms. The first-order valence-corrected chi connectivity index (χ1v) is 12.8. The van der Waals surface area contributed by atoms with Crippen molar-refractivity contribution in [3.8, 4) is 0 Å². The molecule has 0 saturated carbocycles. The highest BCUT2D eigenvalue weighted by Crippen LogP contribution is 2.42. The van der Waals surface area contributed by atoms with E-state index in [1.165, 1.54) is 53.2 Å². The summed E-state index contributed by atoms with van der Waals surface area (Å²) in [4.78, 5) is 27.9. The van der Waals surface area contributed by atoms with Crippen LogP contribution in [0.4, 0.5) is 0 Å². The number of aryl methyl sites for hydroxylation is 2. The van der Waals surface area contributed by atoms with Crippen molar-refractivity contribution in [1.82, 2.24) is 15.0 Å². The second-order valence-electron chi connectivity index (χ2n) is 7.83. The summed E-state index contributed by atoms with van der Waals surface area (Å²) in [5, 5.41) is 2.70. The maximum Gasteiger partial charge on any atom is 0.173 e. The molecule has 0 amide bonds. The van der Waals surface area contributed by atoms with Crippen molar-refractivity contribution in [3.05, 3.63) is 58.0 Å². The molecule has 5 rings (SSSR count). The van der Waals surface area contributed by atoms with Gasteiger partial charge in [0.1, 0.15) is 16.2 Å². The first-order valence-electron chi connectivity index (χ1n) is 10.6. The van der Waals surface area contributed by atoms with Gasteiger partial charge >= 0.3 is 0 Å². The van der Waals surface area contributed by atoms with Crippen molar-refractivity contribution in [2.24, 2.45) is 0 Å². The number of benzene rings is 1. The summed E-state index contributed by atoms with van der Waals surface area (Å²) in [5.74, 6) is 0.394. The minimum absolute atomic E-state index is 0.0652. The molecule has 1 aromatic carbocycles. The van der Waals surface area contributed by atoms with Gasteiger partial charge in [0.05, 0.1) is 16.0 Å². The van der Waals surface area contributed by atoms with Crippen molar-refractivity contribution in [2.45, 2.75) is 50.5 Å². The smallest absolute Gasteiger partial charge is 0.173 e. The Labute approximate surface area is 194 Å². The molecule has 0 bridgehead atoms. The standard InChI is InChI=1S/C24H22ClN3OS2/c1-2-3-7-18-16-5-4-6-17(16)20-21-22(31-23(20)28-18)24(27-13-26-21)30-12-19(29)14-8-10-15(25)11-9-14/h8-11,13H,2-7,12H2,1H3. The largest absolute Gasteiger partial charge is 0.293 e. The predicted molar refractivity (Wildman–Crippen MR) is 130 cm³/mol. The fraction of sp³-hybridized carbons (Fsp3) is 0.333. The number of ketones is 1. The van der Waals surface area contributed by atoms with E-state index in [1.54, 1.807) is 41.9 Å². The van der Waals surface area contributed by atoms with Gasteiger partial charge in [-0.3, -0.25) is 4.79 Å². The van der Waals surface area contributed by atoms with E-state index in [1.807, 2.05) is 0 Å². The maximum absolute atomic E-state index is 12.6. The van der Waals surface area contributed by atoms with Gasteiger partial charge in [-0.25, -0.2) is 15.0 Å². The van der Waals surface area contributed by atoms with Crippen LogP contribution in [0.15, 0.2) is 35.6 Å². The lowest BCUT2D eigenvalue weighted by atomic mass is 10.0. The number of unbranched alkanes of at least 4 members (excludes halogenated alkanes) is 1. The number of fused-ring (bicyclic) bond motifs is 5.